The molecule has 8 aromatic carbocycles. The van der Waals surface area contributed by atoms with E-state index in [1.807, 2.05) is 18.2 Å². The van der Waals surface area contributed by atoms with Gasteiger partial charge in [-0.05, 0) is 75.0 Å². The van der Waals surface area contributed by atoms with Crippen LogP contribution >= 0.6 is 0 Å². The first kappa shape index (κ1) is 30.8. The number of hydrogen-bond donors (Lipinski definition) is 1. The Hall–Kier alpha value is -7.04. The Kier molecular flexibility index (Phi) is 7.51. The van der Waals surface area contributed by atoms with E-state index < -0.39 is 6.17 Å². The fourth-order valence-electron chi connectivity index (χ4n) is 7.68. The first-order valence-electron chi connectivity index (χ1n) is 18.0. The number of nitrogens with zero attached hydrogens (tertiary/aromatic N) is 3. The van der Waals surface area contributed by atoms with E-state index in [1.165, 1.54) is 43.7 Å². The number of fused-ring (bicyclic) bond motifs is 4. The third kappa shape index (κ3) is 5.58. The van der Waals surface area contributed by atoms with Crippen LogP contribution in [-0.4, -0.2) is 16.2 Å². The van der Waals surface area contributed by atoms with E-state index in [4.69, 9.17) is 9.98 Å². The second kappa shape index (κ2) is 12.9. The van der Waals surface area contributed by atoms with Gasteiger partial charge in [0.2, 0.25) is 0 Å². The molecule has 1 N–H and O–H groups in total. The Morgan fingerprint density at radius 2 is 1.04 bits per heavy atom. The zero-order chi connectivity index (χ0) is 35.1. The maximum Gasteiger partial charge on any atom is 0.169 e. The standard InChI is InChI=1S/C49H34N4/c1-3-15-34(16-4-1)42-25-13-27-45-46(42)43-24-9-10-26-44(43)53(45)41-23-12-21-38(32-41)37-20-11-22-39(31-37)48-50-47(35-17-5-2-6-18-35)51-49(52-48)40-29-28-33-14-7-8-19-36(33)30-40/h1-32,48H,(H,50,51,52). The van der Waals surface area contributed by atoms with Crippen LogP contribution in [0.3, 0.4) is 0 Å². The number of aliphatic imine (C=N–C) groups is 2. The molecule has 1 aromatic heterocycles. The predicted molar refractivity (Wildman–Crippen MR) is 221 cm³/mol. The summed E-state index contributed by atoms with van der Waals surface area (Å²) in [6, 6.07) is 68.8. The van der Waals surface area contributed by atoms with Gasteiger partial charge in [-0.15, -0.1) is 0 Å². The molecule has 4 nitrogen and oxygen atoms in total. The first-order chi connectivity index (χ1) is 26.3. The van der Waals surface area contributed by atoms with Gasteiger partial charge >= 0.3 is 0 Å². The lowest BCUT2D eigenvalue weighted by atomic mass is 9.99. The maximum atomic E-state index is 5.21. The van der Waals surface area contributed by atoms with E-state index >= 15 is 0 Å². The van der Waals surface area contributed by atoms with Crippen molar-refractivity contribution in [3.63, 3.8) is 0 Å². The molecule has 0 amide bonds. The molecule has 10 rings (SSSR count). The molecule has 0 bridgehead atoms. The number of amidine groups is 2. The molecule has 53 heavy (non-hydrogen) atoms. The Morgan fingerprint density at radius 3 is 1.87 bits per heavy atom. The maximum absolute atomic E-state index is 5.21. The van der Waals surface area contributed by atoms with Crippen molar-refractivity contribution in [2.24, 2.45) is 9.98 Å². The molecule has 0 fully saturated rings. The van der Waals surface area contributed by atoms with Crippen molar-refractivity contribution in [1.82, 2.24) is 9.88 Å². The van der Waals surface area contributed by atoms with Crippen molar-refractivity contribution in [3.05, 3.63) is 211 Å². The van der Waals surface area contributed by atoms with E-state index in [2.05, 4.69) is 186 Å². The molecule has 0 aliphatic carbocycles. The molecule has 0 saturated heterocycles. The van der Waals surface area contributed by atoms with Gasteiger partial charge in [-0.3, -0.25) is 0 Å². The second-order valence-corrected chi connectivity index (χ2v) is 13.5. The summed E-state index contributed by atoms with van der Waals surface area (Å²) in [5.41, 5.74) is 11.3. The highest BCUT2D eigenvalue weighted by molar-refractivity contribution is 6.17. The van der Waals surface area contributed by atoms with Gasteiger partial charge in [-0.25, -0.2) is 9.98 Å². The molecule has 2 heterocycles. The van der Waals surface area contributed by atoms with Crippen molar-refractivity contribution in [3.8, 4) is 27.9 Å². The summed E-state index contributed by atoms with van der Waals surface area (Å²) < 4.78 is 2.40. The van der Waals surface area contributed by atoms with Crippen LogP contribution in [0.2, 0.25) is 0 Å². The van der Waals surface area contributed by atoms with Crippen LogP contribution in [-0.2, 0) is 0 Å². The van der Waals surface area contributed by atoms with Crippen molar-refractivity contribution < 1.29 is 0 Å². The molecular formula is C49H34N4. The van der Waals surface area contributed by atoms with E-state index in [1.54, 1.807) is 0 Å². The number of rotatable bonds is 6. The van der Waals surface area contributed by atoms with Gasteiger partial charge in [-0.1, -0.05) is 158 Å². The number of nitrogens with one attached hydrogen (secondary N) is 1. The number of aromatic nitrogens is 1. The number of para-hydroxylation sites is 1. The van der Waals surface area contributed by atoms with E-state index in [9.17, 15) is 0 Å². The lowest BCUT2D eigenvalue weighted by Crippen LogP contribution is -2.36. The van der Waals surface area contributed by atoms with Gasteiger partial charge < -0.3 is 9.88 Å². The average molecular weight is 679 g/mol. The molecule has 1 aliphatic rings. The summed E-state index contributed by atoms with van der Waals surface area (Å²) >= 11 is 0. The van der Waals surface area contributed by atoms with Gasteiger partial charge in [0.1, 0.15) is 11.7 Å². The highest BCUT2D eigenvalue weighted by atomic mass is 15.2. The molecule has 9 aromatic rings. The van der Waals surface area contributed by atoms with Crippen molar-refractivity contribution in [1.29, 1.82) is 0 Å². The Morgan fingerprint density at radius 1 is 0.415 bits per heavy atom. The SMILES string of the molecule is c1ccc(C2=NC(c3cccc(-c4cccc(-n5c6ccccc6c6c(-c7ccccc7)cccc65)c4)c3)N=C(c3ccc4ccccc4c3)N2)cc1. The summed E-state index contributed by atoms with van der Waals surface area (Å²) in [7, 11) is 0. The van der Waals surface area contributed by atoms with Crippen LogP contribution in [0.25, 0.3) is 60.5 Å². The van der Waals surface area contributed by atoms with E-state index in [-0.39, 0.29) is 0 Å². The van der Waals surface area contributed by atoms with Crippen LogP contribution in [0.4, 0.5) is 0 Å². The highest BCUT2D eigenvalue weighted by Crippen LogP contribution is 2.39. The van der Waals surface area contributed by atoms with Crippen molar-refractivity contribution in [2.45, 2.75) is 6.17 Å². The zero-order valence-electron chi connectivity index (χ0n) is 28.9. The smallest absolute Gasteiger partial charge is 0.169 e. The van der Waals surface area contributed by atoms with Gasteiger partial charge in [0.05, 0.1) is 11.0 Å². The minimum absolute atomic E-state index is 0.412. The Bertz CT molecular complexity index is 2870. The van der Waals surface area contributed by atoms with Crippen LogP contribution in [0, 0.1) is 0 Å². The first-order valence-corrected chi connectivity index (χ1v) is 18.0. The zero-order valence-corrected chi connectivity index (χ0v) is 28.9. The molecule has 250 valence electrons. The Labute approximate surface area is 308 Å². The molecule has 0 spiro atoms. The summed E-state index contributed by atoms with van der Waals surface area (Å²) in [6.07, 6.45) is -0.412. The second-order valence-electron chi connectivity index (χ2n) is 13.5. The largest absolute Gasteiger partial charge is 0.324 e. The van der Waals surface area contributed by atoms with Crippen molar-refractivity contribution in [2.75, 3.05) is 0 Å². The van der Waals surface area contributed by atoms with Gasteiger partial charge in [-0.2, -0.15) is 0 Å². The lowest BCUT2D eigenvalue weighted by Gasteiger charge is -2.23. The molecule has 0 radical (unpaired) electrons. The summed E-state index contributed by atoms with van der Waals surface area (Å²) in [5, 5.41) is 8.45. The molecule has 1 unspecified atom stereocenters. The lowest BCUT2D eigenvalue weighted by molar-refractivity contribution is 0.756. The van der Waals surface area contributed by atoms with Crippen LogP contribution in [0.15, 0.2) is 204 Å². The monoisotopic (exact) mass is 678 g/mol. The molecule has 4 heteroatoms. The molecule has 0 saturated carbocycles. The fraction of sp³-hybridized carbons (Fsp3) is 0.0204. The summed E-state index contributed by atoms with van der Waals surface area (Å²) in [6.45, 7) is 0. The van der Waals surface area contributed by atoms with Gasteiger partial charge in [0.15, 0.2) is 6.17 Å². The van der Waals surface area contributed by atoms with Crippen LogP contribution in [0.5, 0.6) is 0 Å². The average Bonchev–Trinajstić information content (AvgIpc) is 3.59. The summed E-state index contributed by atoms with van der Waals surface area (Å²) in [4.78, 5) is 10.4. The minimum Gasteiger partial charge on any atom is -0.324 e. The third-order valence-corrected chi connectivity index (χ3v) is 10.2. The fourth-order valence-corrected chi connectivity index (χ4v) is 7.68. The topological polar surface area (TPSA) is 41.7 Å². The van der Waals surface area contributed by atoms with Gasteiger partial charge in [0.25, 0.3) is 0 Å². The van der Waals surface area contributed by atoms with Crippen LogP contribution < -0.4 is 5.32 Å². The predicted octanol–water partition coefficient (Wildman–Crippen LogP) is 11.8. The van der Waals surface area contributed by atoms with Gasteiger partial charge in [0, 0.05) is 27.6 Å². The molecule has 1 atom stereocenters. The summed E-state index contributed by atoms with van der Waals surface area (Å²) in [5.74, 6) is 1.62. The number of benzene rings is 8. The van der Waals surface area contributed by atoms with E-state index in [0.717, 1.165) is 45.2 Å². The molecular weight excluding hydrogens is 645 g/mol. The van der Waals surface area contributed by atoms with E-state index in [0.29, 0.717) is 0 Å². The quantitative estimate of drug-likeness (QED) is 0.187. The third-order valence-electron chi connectivity index (χ3n) is 10.2. The molecule has 1 aliphatic heterocycles. The number of hydrogen-bond acceptors (Lipinski definition) is 3. The van der Waals surface area contributed by atoms with Crippen LogP contribution in [0.1, 0.15) is 22.9 Å². The Balaban J connectivity index is 1.07. The normalized spacial score (nSPS) is 14.2. The van der Waals surface area contributed by atoms with Crippen molar-refractivity contribution >= 4 is 44.2 Å². The highest BCUT2D eigenvalue weighted by Gasteiger charge is 2.22. The minimum atomic E-state index is -0.412.